The van der Waals surface area contributed by atoms with E-state index in [2.05, 4.69) is 14.9 Å². The number of hydrogen-bond acceptors (Lipinski definition) is 4. The molecule has 0 saturated carbocycles. The Hall–Kier alpha value is -1.73. The number of nitrogens with zero attached hydrogens (tertiary/aromatic N) is 1. The smallest absolute Gasteiger partial charge is 0.265 e. The van der Waals surface area contributed by atoms with Gasteiger partial charge in [0, 0.05) is 11.1 Å². The maximum absolute atomic E-state index is 12.0. The third-order valence-corrected chi connectivity index (χ3v) is 3.67. The van der Waals surface area contributed by atoms with Crippen LogP contribution in [0, 0.1) is 0 Å². The van der Waals surface area contributed by atoms with Crippen LogP contribution >= 0.6 is 11.6 Å². The van der Waals surface area contributed by atoms with Gasteiger partial charge in [0.05, 0.1) is 11.9 Å². The van der Waals surface area contributed by atoms with Crippen molar-refractivity contribution in [3.8, 4) is 0 Å². The molecule has 1 heterocycles. The minimum atomic E-state index is -3.77. The van der Waals surface area contributed by atoms with Crippen molar-refractivity contribution in [3.63, 3.8) is 0 Å². The molecule has 0 amide bonds. The second kappa shape index (κ2) is 4.27. The lowest BCUT2D eigenvalue weighted by molar-refractivity contribution is 0.601. The molecule has 2 aromatic rings. The van der Waals surface area contributed by atoms with Crippen molar-refractivity contribution < 1.29 is 8.42 Å². The fourth-order valence-corrected chi connectivity index (χ4v) is 2.66. The van der Waals surface area contributed by atoms with Crippen molar-refractivity contribution in [3.05, 3.63) is 35.5 Å². The van der Waals surface area contributed by atoms with Crippen LogP contribution in [0.4, 0.5) is 11.5 Å². The summed E-state index contributed by atoms with van der Waals surface area (Å²) in [6, 6.07) is 5.73. The van der Waals surface area contributed by atoms with E-state index in [0.717, 1.165) is 0 Å². The Balaban J connectivity index is 2.41. The summed E-state index contributed by atoms with van der Waals surface area (Å²) in [5.41, 5.74) is 5.73. The second-order valence-corrected chi connectivity index (χ2v) is 5.35. The Bertz CT molecular complexity index is 624. The van der Waals surface area contributed by atoms with E-state index >= 15 is 0 Å². The first-order valence-electron chi connectivity index (χ1n) is 4.56. The summed E-state index contributed by atoms with van der Waals surface area (Å²) in [6.07, 6.45) is 1.43. The number of H-pyrrole nitrogens is 1. The fourth-order valence-electron chi connectivity index (χ4n) is 1.25. The molecule has 0 fully saturated rings. The molecule has 90 valence electrons. The highest BCUT2D eigenvalue weighted by molar-refractivity contribution is 7.92. The van der Waals surface area contributed by atoms with Crippen LogP contribution in [-0.4, -0.2) is 18.6 Å². The van der Waals surface area contributed by atoms with Crippen LogP contribution in [0.2, 0.25) is 5.02 Å². The summed E-state index contributed by atoms with van der Waals surface area (Å²) in [4.78, 5) is -0.0698. The maximum Gasteiger partial charge on any atom is 0.265 e. The largest absolute Gasteiger partial charge is 0.398 e. The molecule has 0 aliphatic carbocycles. The minimum Gasteiger partial charge on any atom is -0.398 e. The highest BCUT2D eigenvalue weighted by atomic mass is 35.5. The van der Waals surface area contributed by atoms with Crippen molar-refractivity contribution >= 4 is 33.1 Å². The van der Waals surface area contributed by atoms with Crippen LogP contribution in [0.15, 0.2) is 35.4 Å². The van der Waals surface area contributed by atoms with E-state index in [1.54, 1.807) is 0 Å². The molecule has 0 aliphatic rings. The molecule has 1 aromatic carbocycles. The van der Waals surface area contributed by atoms with Crippen molar-refractivity contribution in [1.29, 1.82) is 0 Å². The molecule has 2 rings (SSSR count). The number of halogens is 1. The maximum atomic E-state index is 12.0. The zero-order valence-corrected chi connectivity index (χ0v) is 10.1. The number of nitrogen functional groups attached to an aromatic ring is 1. The van der Waals surface area contributed by atoms with E-state index in [9.17, 15) is 8.42 Å². The monoisotopic (exact) mass is 272 g/mol. The fraction of sp³-hybridized carbons (Fsp3) is 0. The number of aromatic amines is 1. The number of nitrogens with two attached hydrogens (primary N) is 1. The van der Waals surface area contributed by atoms with Gasteiger partial charge in [-0.1, -0.05) is 11.6 Å². The van der Waals surface area contributed by atoms with Crippen molar-refractivity contribution in [1.82, 2.24) is 10.2 Å². The first-order valence-corrected chi connectivity index (χ1v) is 6.42. The van der Waals surface area contributed by atoms with E-state index < -0.39 is 10.0 Å². The summed E-state index contributed by atoms with van der Waals surface area (Å²) in [5.74, 6) is 0.254. The molecule has 0 atom stereocenters. The predicted octanol–water partition coefficient (Wildman–Crippen LogP) is 1.45. The minimum absolute atomic E-state index is 0.0698. The first-order chi connectivity index (χ1) is 7.99. The van der Waals surface area contributed by atoms with Crippen LogP contribution < -0.4 is 10.5 Å². The molecular weight excluding hydrogens is 264 g/mol. The molecule has 0 spiro atoms. The molecule has 4 N–H and O–H groups in total. The van der Waals surface area contributed by atoms with E-state index in [-0.39, 0.29) is 16.4 Å². The Morgan fingerprint density at radius 2 is 2.12 bits per heavy atom. The highest BCUT2D eigenvalue weighted by Gasteiger charge is 2.18. The third kappa shape index (κ3) is 2.51. The summed E-state index contributed by atoms with van der Waals surface area (Å²) in [6.45, 7) is 0. The van der Waals surface area contributed by atoms with Gasteiger partial charge < -0.3 is 5.73 Å². The van der Waals surface area contributed by atoms with Gasteiger partial charge in [0.25, 0.3) is 10.0 Å². The topological polar surface area (TPSA) is 101 Å². The molecular formula is C9H9ClN4O2S. The van der Waals surface area contributed by atoms with Crippen molar-refractivity contribution in [2.45, 2.75) is 4.90 Å². The Morgan fingerprint density at radius 3 is 2.76 bits per heavy atom. The summed E-state index contributed by atoms with van der Waals surface area (Å²) in [7, 11) is -3.77. The van der Waals surface area contributed by atoms with E-state index in [1.165, 1.54) is 30.5 Å². The molecule has 0 radical (unpaired) electrons. The zero-order chi connectivity index (χ0) is 12.5. The number of aromatic nitrogens is 2. The number of rotatable bonds is 3. The lowest BCUT2D eigenvalue weighted by atomic mass is 10.3. The molecule has 0 saturated heterocycles. The molecule has 0 bridgehead atoms. The second-order valence-electron chi connectivity index (χ2n) is 3.26. The Kier molecular flexibility index (Phi) is 2.95. The van der Waals surface area contributed by atoms with Gasteiger partial charge in [0.1, 0.15) is 10.7 Å². The third-order valence-electron chi connectivity index (χ3n) is 2.01. The average molecular weight is 273 g/mol. The van der Waals surface area contributed by atoms with Gasteiger partial charge in [-0.05, 0) is 18.2 Å². The summed E-state index contributed by atoms with van der Waals surface area (Å²) in [5, 5.41) is 6.41. The molecule has 8 heteroatoms. The molecule has 0 unspecified atom stereocenters. The molecule has 17 heavy (non-hydrogen) atoms. The lowest BCUT2D eigenvalue weighted by Crippen LogP contribution is -2.15. The predicted molar refractivity (Wildman–Crippen MR) is 65.3 cm³/mol. The van der Waals surface area contributed by atoms with E-state index in [0.29, 0.717) is 5.02 Å². The zero-order valence-electron chi connectivity index (χ0n) is 8.51. The number of anilines is 2. The highest BCUT2D eigenvalue weighted by Crippen LogP contribution is 2.24. The van der Waals surface area contributed by atoms with Crippen LogP contribution in [0.3, 0.4) is 0 Å². The van der Waals surface area contributed by atoms with E-state index in [4.69, 9.17) is 17.3 Å². The van der Waals surface area contributed by atoms with Gasteiger partial charge in [-0.25, -0.2) is 8.42 Å². The quantitative estimate of drug-likeness (QED) is 0.736. The normalized spacial score (nSPS) is 11.4. The average Bonchev–Trinajstić information content (AvgIpc) is 2.73. The van der Waals surface area contributed by atoms with Gasteiger partial charge >= 0.3 is 0 Å². The molecule has 6 nitrogen and oxygen atoms in total. The molecule has 0 aliphatic heterocycles. The number of sulfonamides is 1. The summed E-state index contributed by atoms with van der Waals surface area (Å²) >= 11 is 5.74. The van der Waals surface area contributed by atoms with Crippen LogP contribution in [-0.2, 0) is 10.0 Å². The van der Waals surface area contributed by atoms with Gasteiger partial charge in [0.15, 0.2) is 0 Å². The number of benzene rings is 1. The number of nitrogens with one attached hydrogen (secondary N) is 2. The Labute approximate surface area is 103 Å². The SMILES string of the molecule is Nc1ccc(Cl)cc1S(=O)(=O)Nc1ccn[nH]1. The Morgan fingerprint density at radius 1 is 1.35 bits per heavy atom. The standard InChI is InChI=1S/C9H9ClN4O2S/c10-6-1-2-7(11)8(5-6)17(15,16)14-9-3-4-12-13-9/h1-5H,11H2,(H2,12,13,14). The van der Waals surface area contributed by atoms with Gasteiger partial charge in [-0.2, -0.15) is 5.10 Å². The number of hydrogen-bond donors (Lipinski definition) is 3. The van der Waals surface area contributed by atoms with E-state index in [1.807, 2.05) is 0 Å². The van der Waals surface area contributed by atoms with Crippen molar-refractivity contribution in [2.75, 3.05) is 10.5 Å². The van der Waals surface area contributed by atoms with Crippen LogP contribution in [0.5, 0.6) is 0 Å². The van der Waals surface area contributed by atoms with Crippen molar-refractivity contribution in [2.24, 2.45) is 0 Å². The van der Waals surface area contributed by atoms with Gasteiger partial charge in [-0.3, -0.25) is 9.82 Å². The van der Waals surface area contributed by atoms with Gasteiger partial charge in [0.2, 0.25) is 0 Å². The lowest BCUT2D eigenvalue weighted by Gasteiger charge is -2.08. The van der Waals surface area contributed by atoms with Crippen LogP contribution in [0.25, 0.3) is 0 Å². The van der Waals surface area contributed by atoms with Crippen LogP contribution in [0.1, 0.15) is 0 Å². The summed E-state index contributed by atoms with van der Waals surface area (Å²) < 4.78 is 26.2. The first kappa shape index (κ1) is 11.7. The molecule has 1 aromatic heterocycles. The van der Waals surface area contributed by atoms with Gasteiger partial charge in [-0.15, -0.1) is 0 Å².